The zero-order chi connectivity index (χ0) is 18.7. The Kier molecular flexibility index (Phi) is 5.65. The third-order valence-corrected chi connectivity index (χ3v) is 5.50. The topological polar surface area (TPSA) is 61.8 Å². The third-order valence-electron chi connectivity index (χ3n) is 5.50. The Labute approximate surface area is 156 Å². The van der Waals surface area contributed by atoms with Gasteiger partial charge in [0, 0.05) is 70.6 Å². The summed E-state index contributed by atoms with van der Waals surface area (Å²) in [6.45, 7) is 7.71. The Hall–Kier alpha value is -1.89. The molecule has 2 aliphatic heterocycles. The number of amides is 1. The molecule has 0 aromatic carbocycles. The lowest BCUT2D eigenvalue weighted by molar-refractivity contribution is -0.00135. The normalized spacial score (nSPS) is 21.1. The van der Waals surface area contributed by atoms with Crippen LogP contribution < -0.4 is 4.90 Å². The smallest absolute Gasteiger partial charge is 0.410 e. The van der Waals surface area contributed by atoms with Crippen molar-refractivity contribution in [2.75, 3.05) is 38.6 Å². The van der Waals surface area contributed by atoms with E-state index in [1.165, 1.54) is 0 Å². The number of hydrogen-bond acceptors (Lipinski definition) is 6. The number of nitrogens with zero attached hydrogens (tertiary/aromatic N) is 5. The molecular weight excluding hydrogens is 330 g/mol. The summed E-state index contributed by atoms with van der Waals surface area (Å²) >= 11 is 0. The Morgan fingerprint density at radius 1 is 1.27 bits per heavy atom. The first-order chi connectivity index (χ1) is 12.4. The van der Waals surface area contributed by atoms with E-state index < -0.39 is 0 Å². The standard InChI is InChI=1S/C19H31N5O2/c1-5-6-15(2)24-14-19(26-18(24)25)7-9-23(10-8-19)13-16-11-20-17(21-12-16)22(3)4/h11-12,15H,5-10,13-14H2,1-4H3/t15-/m1/s1. The first kappa shape index (κ1) is 18.9. The lowest BCUT2D eigenvalue weighted by Gasteiger charge is -2.37. The van der Waals surface area contributed by atoms with Gasteiger partial charge >= 0.3 is 6.09 Å². The lowest BCUT2D eigenvalue weighted by Crippen LogP contribution is -2.47. The van der Waals surface area contributed by atoms with Crippen molar-refractivity contribution in [3.05, 3.63) is 18.0 Å². The molecule has 1 amide bonds. The van der Waals surface area contributed by atoms with Crippen LogP contribution in [0.4, 0.5) is 10.7 Å². The van der Waals surface area contributed by atoms with Crippen molar-refractivity contribution in [3.63, 3.8) is 0 Å². The minimum absolute atomic E-state index is 0.132. The molecule has 0 bridgehead atoms. The van der Waals surface area contributed by atoms with Gasteiger partial charge in [0.2, 0.25) is 5.95 Å². The molecule has 0 unspecified atom stereocenters. The molecule has 2 aliphatic rings. The molecule has 1 atom stereocenters. The van der Waals surface area contributed by atoms with E-state index in [1.807, 2.05) is 36.3 Å². The highest BCUT2D eigenvalue weighted by molar-refractivity contribution is 5.71. The highest BCUT2D eigenvalue weighted by Crippen LogP contribution is 2.35. The van der Waals surface area contributed by atoms with Crippen LogP contribution in [0.15, 0.2) is 12.4 Å². The van der Waals surface area contributed by atoms with E-state index in [0.717, 1.165) is 63.4 Å². The summed E-state index contributed by atoms with van der Waals surface area (Å²) in [6, 6.07) is 0.261. The van der Waals surface area contributed by atoms with Gasteiger partial charge in [0.05, 0.1) is 6.54 Å². The molecule has 0 radical (unpaired) electrons. The Morgan fingerprint density at radius 2 is 1.92 bits per heavy atom. The number of likely N-dealkylation sites (tertiary alicyclic amines) is 1. The minimum atomic E-state index is -0.291. The van der Waals surface area contributed by atoms with Crippen molar-refractivity contribution >= 4 is 12.0 Å². The highest BCUT2D eigenvalue weighted by atomic mass is 16.6. The molecule has 0 saturated carbocycles. The second-order valence-electron chi connectivity index (χ2n) is 7.88. The van der Waals surface area contributed by atoms with E-state index in [4.69, 9.17) is 4.74 Å². The summed E-state index contributed by atoms with van der Waals surface area (Å²) in [6.07, 6.45) is 7.57. The van der Waals surface area contributed by atoms with E-state index in [2.05, 4.69) is 28.7 Å². The van der Waals surface area contributed by atoms with Crippen LogP contribution in [-0.2, 0) is 11.3 Å². The molecular formula is C19H31N5O2. The number of aromatic nitrogens is 2. The maximum atomic E-state index is 12.3. The van der Waals surface area contributed by atoms with E-state index in [1.54, 1.807) is 0 Å². The van der Waals surface area contributed by atoms with E-state index in [9.17, 15) is 4.79 Å². The van der Waals surface area contributed by atoms with Crippen molar-refractivity contribution in [1.29, 1.82) is 0 Å². The summed E-state index contributed by atoms with van der Waals surface area (Å²) in [7, 11) is 3.87. The largest absolute Gasteiger partial charge is 0.441 e. The SMILES string of the molecule is CCC[C@@H](C)N1CC2(CCN(Cc3cnc(N(C)C)nc3)CC2)OC1=O. The van der Waals surface area contributed by atoms with Gasteiger partial charge in [-0.1, -0.05) is 13.3 Å². The predicted octanol–water partition coefficient (Wildman–Crippen LogP) is 2.52. The zero-order valence-corrected chi connectivity index (χ0v) is 16.4. The number of piperidine rings is 1. The van der Waals surface area contributed by atoms with Gasteiger partial charge in [-0.25, -0.2) is 14.8 Å². The van der Waals surface area contributed by atoms with Crippen molar-refractivity contribution < 1.29 is 9.53 Å². The Balaban J connectivity index is 1.53. The molecule has 7 heteroatoms. The number of carbonyl (C=O) groups is 1. The Bertz CT molecular complexity index is 611. The van der Waals surface area contributed by atoms with Gasteiger partial charge in [-0.3, -0.25) is 4.90 Å². The molecule has 1 spiro atoms. The number of ether oxygens (including phenoxy) is 1. The average molecular weight is 361 g/mol. The second kappa shape index (κ2) is 7.78. The second-order valence-corrected chi connectivity index (χ2v) is 7.88. The molecule has 3 rings (SSSR count). The minimum Gasteiger partial charge on any atom is -0.441 e. The fourth-order valence-corrected chi connectivity index (χ4v) is 3.86. The molecule has 1 aromatic rings. The molecule has 26 heavy (non-hydrogen) atoms. The van der Waals surface area contributed by atoms with E-state index in [-0.39, 0.29) is 17.7 Å². The molecule has 0 N–H and O–H groups in total. The van der Waals surface area contributed by atoms with Gasteiger partial charge in [0.15, 0.2) is 0 Å². The van der Waals surface area contributed by atoms with Crippen LogP contribution in [0.1, 0.15) is 45.1 Å². The fourth-order valence-electron chi connectivity index (χ4n) is 3.86. The fraction of sp³-hybridized carbons (Fsp3) is 0.737. The number of anilines is 1. The number of rotatable bonds is 6. The van der Waals surface area contributed by atoms with Crippen LogP contribution in [0.2, 0.25) is 0 Å². The van der Waals surface area contributed by atoms with Crippen molar-refractivity contribution in [1.82, 2.24) is 19.8 Å². The quantitative estimate of drug-likeness (QED) is 0.776. The summed E-state index contributed by atoms with van der Waals surface area (Å²) in [5.41, 5.74) is 0.828. The maximum Gasteiger partial charge on any atom is 0.410 e. The van der Waals surface area contributed by atoms with Gasteiger partial charge in [-0.15, -0.1) is 0 Å². The van der Waals surface area contributed by atoms with Gasteiger partial charge < -0.3 is 14.5 Å². The molecule has 7 nitrogen and oxygen atoms in total. The molecule has 0 aliphatic carbocycles. The average Bonchev–Trinajstić information content (AvgIpc) is 2.94. The summed E-state index contributed by atoms with van der Waals surface area (Å²) in [4.78, 5) is 27.3. The predicted molar refractivity (Wildman–Crippen MR) is 101 cm³/mol. The van der Waals surface area contributed by atoms with Gasteiger partial charge in [0.25, 0.3) is 0 Å². The van der Waals surface area contributed by atoms with Crippen molar-refractivity contribution in [2.45, 2.75) is 57.7 Å². The van der Waals surface area contributed by atoms with Crippen molar-refractivity contribution in [3.8, 4) is 0 Å². The van der Waals surface area contributed by atoms with E-state index >= 15 is 0 Å². The van der Waals surface area contributed by atoms with Gasteiger partial charge in [0.1, 0.15) is 5.60 Å². The van der Waals surface area contributed by atoms with E-state index in [0.29, 0.717) is 0 Å². The summed E-state index contributed by atoms with van der Waals surface area (Å²) < 4.78 is 5.84. The molecule has 2 saturated heterocycles. The monoisotopic (exact) mass is 361 g/mol. The molecule has 1 aromatic heterocycles. The maximum absolute atomic E-state index is 12.3. The third kappa shape index (κ3) is 4.09. The molecule has 144 valence electrons. The number of carbonyl (C=O) groups excluding carboxylic acids is 1. The van der Waals surface area contributed by atoms with Gasteiger partial charge in [-0.05, 0) is 13.3 Å². The molecule has 2 fully saturated rings. The van der Waals surface area contributed by atoms with Gasteiger partial charge in [-0.2, -0.15) is 0 Å². The first-order valence-corrected chi connectivity index (χ1v) is 9.63. The Morgan fingerprint density at radius 3 is 2.50 bits per heavy atom. The first-order valence-electron chi connectivity index (χ1n) is 9.63. The van der Waals surface area contributed by atoms with Crippen LogP contribution in [0, 0.1) is 0 Å². The van der Waals surface area contributed by atoms with Crippen LogP contribution >= 0.6 is 0 Å². The van der Waals surface area contributed by atoms with Crippen LogP contribution in [0.3, 0.4) is 0 Å². The highest BCUT2D eigenvalue weighted by Gasteiger charge is 2.47. The molecule has 3 heterocycles. The van der Waals surface area contributed by atoms with Crippen LogP contribution in [0.25, 0.3) is 0 Å². The summed E-state index contributed by atoms with van der Waals surface area (Å²) in [5.74, 6) is 0.727. The van der Waals surface area contributed by atoms with Crippen LogP contribution in [-0.4, -0.2) is 71.2 Å². The number of hydrogen-bond donors (Lipinski definition) is 0. The lowest BCUT2D eigenvalue weighted by atomic mass is 9.91. The van der Waals surface area contributed by atoms with Crippen molar-refractivity contribution in [2.24, 2.45) is 0 Å². The summed E-state index contributed by atoms with van der Waals surface area (Å²) in [5, 5.41) is 0. The van der Waals surface area contributed by atoms with Crippen LogP contribution in [0.5, 0.6) is 0 Å². The zero-order valence-electron chi connectivity index (χ0n) is 16.4.